The Balaban J connectivity index is 1.73. The number of allylic oxidation sites excluding steroid dienone is 1. The average molecular weight is 480 g/mol. The quantitative estimate of drug-likeness (QED) is 0.638. The molecule has 3 aliphatic heterocycles. The Morgan fingerprint density at radius 3 is 2.42 bits per heavy atom. The highest BCUT2D eigenvalue weighted by molar-refractivity contribution is 6.21. The van der Waals surface area contributed by atoms with Crippen molar-refractivity contribution in [1.82, 2.24) is 0 Å². The standard InChI is InChI=1S/C30H29N3O3/c1-17-13-22(34)24-23(14-17)36-26(32)21(15-31)30(24)20-12-8-11-19-25(20)33(27(30)35)28(2,3)16-29(19,4)18-9-6-5-7-10-18/h5-12,17H,13-14,16,32H2,1-4H3/t17-,29+,30-/m0/s1. The maximum atomic E-state index is 14.8. The van der Waals surface area contributed by atoms with Gasteiger partial charge in [-0.15, -0.1) is 0 Å². The van der Waals surface area contributed by atoms with E-state index in [1.807, 2.05) is 42.2 Å². The molecular weight excluding hydrogens is 450 g/mol. The van der Waals surface area contributed by atoms with Gasteiger partial charge in [0.1, 0.15) is 22.8 Å². The first-order valence-electron chi connectivity index (χ1n) is 12.5. The van der Waals surface area contributed by atoms with Crippen molar-refractivity contribution < 1.29 is 14.3 Å². The van der Waals surface area contributed by atoms with Crippen molar-refractivity contribution in [2.24, 2.45) is 11.7 Å². The topological polar surface area (TPSA) is 96.4 Å². The number of nitrogens with two attached hydrogens (primary N) is 1. The number of amides is 1. The van der Waals surface area contributed by atoms with E-state index in [0.717, 1.165) is 16.8 Å². The summed E-state index contributed by atoms with van der Waals surface area (Å²) in [6.45, 7) is 8.31. The van der Waals surface area contributed by atoms with Crippen molar-refractivity contribution in [3.05, 3.63) is 88.0 Å². The first-order valence-corrected chi connectivity index (χ1v) is 12.5. The first-order chi connectivity index (χ1) is 17.1. The van der Waals surface area contributed by atoms with Gasteiger partial charge < -0.3 is 15.4 Å². The fraction of sp³-hybridized carbons (Fsp3) is 0.367. The molecule has 0 saturated carbocycles. The van der Waals surface area contributed by atoms with Gasteiger partial charge in [0, 0.05) is 29.4 Å². The molecule has 0 aromatic heterocycles. The van der Waals surface area contributed by atoms with Crippen LogP contribution >= 0.6 is 0 Å². The van der Waals surface area contributed by atoms with Crippen LogP contribution in [0.4, 0.5) is 5.69 Å². The van der Waals surface area contributed by atoms with E-state index in [-0.39, 0.29) is 40.1 Å². The van der Waals surface area contributed by atoms with E-state index < -0.39 is 11.0 Å². The number of nitriles is 1. The number of para-hydroxylation sites is 1. The molecule has 1 amide bonds. The van der Waals surface area contributed by atoms with E-state index in [4.69, 9.17) is 10.5 Å². The van der Waals surface area contributed by atoms with Crippen LogP contribution in [-0.4, -0.2) is 17.2 Å². The lowest BCUT2D eigenvalue weighted by molar-refractivity contribution is -0.126. The third-order valence-electron chi connectivity index (χ3n) is 8.55. The second-order valence-electron chi connectivity index (χ2n) is 11.5. The number of carbonyl (C=O) groups is 2. The minimum atomic E-state index is -1.59. The van der Waals surface area contributed by atoms with Gasteiger partial charge in [0.05, 0.1) is 11.3 Å². The van der Waals surface area contributed by atoms with Gasteiger partial charge in [0.15, 0.2) is 5.78 Å². The van der Waals surface area contributed by atoms with Gasteiger partial charge in [-0.25, -0.2) is 0 Å². The molecule has 0 fully saturated rings. The van der Waals surface area contributed by atoms with E-state index in [1.165, 1.54) is 0 Å². The van der Waals surface area contributed by atoms with E-state index in [9.17, 15) is 14.9 Å². The number of fused-ring (bicyclic) bond motifs is 2. The largest absolute Gasteiger partial charge is 0.444 e. The summed E-state index contributed by atoms with van der Waals surface area (Å²) in [5.41, 5.74) is 7.67. The molecule has 2 aromatic carbocycles. The predicted molar refractivity (Wildman–Crippen MR) is 136 cm³/mol. The zero-order valence-corrected chi connectivity index (χ0v) is 21.0. The molecule has 6 heteroatoms. The van der Waals surface area contributed by atoms with Gasteiger partial charge in [0.25, 0.3) is 0 Å². The zero-order chi connectivity index (χ0) is 25.6. The van der Waals surface area contributed by atoms with Crippen LogP contribution in [-0.2, 0) is 25.2 Å². The summed E-state index contributed by atoms with van der Waals surface area (Å²) in [6, 6.07) is 18.4. The minimum Gasteiger partial charge on any atom is -0.444 e. The van der Waals surface area contributed by atoms with Crippen LogP contribution in [0.1, 0.15) is 63.6 Å². The Kier molecular flexibility index (Phi) is 4.46. The lowest BCUT2D eigenvalue weighted by Gasteiger charge is -2.50. The van der Waals surface area contributed by atoms with Crippen molar-refractivity contribution in [3.63, 3.8) is 0 Å². The van der Waals surface area contributed by atoms with Crippen LogP contribution in [0.3, 0.4) is 0 Å². The molecule has 3 atom stereocenters. The summed E-state index contributed by atoms with van der Waals surface area (Å²) in [4.78, 5) is 30.2. The smallest absolute Gasteiger partial charge is 0.248 e. The van der Waals surface area contributed by atoms with Crippen LogP contribution in [0, 0.1) is 17.2 Å². The van der Waals surface area contributed by atoms with Crippen molar-refractivity contribution in [2.75, 3.05) is 4.90 Å². The molecular formula is C30H29N3O3. The van der Waals surface area contributed by atoms with E-state index in [0.29, 0.717) is 30.6 Å². The lowest BCUT2D eigenvalue weighted by Crippen LogP contribution is -2.58. The Bertz CT molecular complexity index is 1460. The molecule has 0 saturated heterocycles. The lowest BCUT2D eigenvalue weighted by atomic mass is 9.63. The fourth-order valence-corrected chi connectivity index (χ4v) is 7.29. The molecule has 1 spiro atoms. The van der Waals surface area contributed by atoms with Gasteiger partial charge in [-0.05, 0) is 37.3 Å². The number of ether oxygens (including phenoxy) is 1. The highest BCUT2D eigenvalue weighted by Crippen LogP contribution is 2.62. The molecule has 3 heterocycles. The Labute approximate surface area is 211 Å². The summed E-state index contributed by atoms with van der Waals surface area (Å²) in [6.07, 6.45) is 1.47. The van der Waals surface area contributed by atoms with Gasteiger partial charge in [-0.1, -0.05) is 62.4 Å². The fourth-order valence-electron chi connectivity index (χ4n) is 7.29. The molecule has 0 radical (unpaired) electrons. The Morgan fingerprint density at radius 1 is 1.03 bits per heavy atom. The number of carbonyl (C=O) groups excluding carboxylic acids is 2. The van der Waals surface area contributed by atoms with Crippen molar-refractivity contribution in [1.29, 1.82) is 5.26 Å². The normalized spacial score (nSPS) is 30.2. The Hall–Kier alpha value is -3.85. The maximum absolute atomic E-state index is 14.8. The van der Waals surface area contributed by atoms with Crippen molar-refractivity contribution in [2.45, 2.75) is 63.3 Å². The van der Waals surface area contributed by atoms with E-state index in [1.54, 1.807) is 0 Å². The van der Waals surface area contributed by atoms with Crippen LogP contribution < -0.4 is 10.6 Å². The molecule has 182 valence electrons. The van der Waals surface area contributed by atoms with E-state index in [2.05, 4.69) is 45.0 Å². The minimum absolute atomic E-state index is 0.00849. The summed E-state index contributed by atoms with van der Waals surface area (Å²) >= 11 is 0. The molecule has 2 N–H and O–H groups in total. The SMILES string of the molecule is C[C@H]1CC(=O)C2=C(C1)OC(N)=C(C#N)[C@]21C(=O)N2c3c1cccc3[C@@](C)(c1ccccc1)CC2(C)C. The van der Waals surface area contributed by atoms with Crippen LogP contribution in [0.2, 0.25) is 0 Å². The number of rotatable bonds is 1. The number of hydrogen-bond acceptors (Lipinski definition) is 5. The molecule has 6 nitrogen and oxygen atoms in total. The summed E-state index contributed by atoms with van der Waals surface area (Å²) in [5, 5.41) is 10.3. The third-order valence-corrected chi connectivity index (χ3v) is 8.55. The van der Waals surface area contributed by atoms with Gasteiger partial charge in [-0.3, -0.25) is 9.59 Å². The number of anilines is 1. The van der Waals surface area contributed by atoms with Crippen molar-refractivity contribution >= 4 is 17.4 Å². The van der Waals surface area contributed by atoms with Gasteiger partial charge in [-0.2, -0.15) is 5.26 Å². The van der Waals surface area contributed by atoms with Crippen LogP contribution in [0.25, 0.3) is 0 Å². The number of Topliss-reactive ketones (excluding diaryl/α,β-unsaturated/α-hetero) is 1. The predicted octanol–water partition coefficient (Wildman–Crippen LogP) is 4.74. The molecule has 1 aliphatic carbocycles. The number of benzene rings is 2. The highest BCUT2D eigenvalue weighted by Gasteiger charge is 2.66. The molecule has 0 bridgehead atoms. The molecule has 6 rings (SSSR count). The first kappa shape index (κ1) is 22.6. The number of nitrogens with zero attached hydrogens (tertiary/aromatic N) is 2. The molecule has 4 aliphatic rings. The zero-order valence-electron chi connectivity index (χ0n) is 21.0. The molecule has 36 heavy (non-hydrogen) atoms. The van der Waals surface area contributed by atoms with Gasteiger partial charge in [0.2, 0.25) is 11.8 Å². The summed E-state index contributed by atoms with van der Waals surface area (Å²) in [7, 11) is 0. The third kappa shape index (κ3) is 2.55. The van der Waals surface area contributed by atoms with E-state index >= 15 is 0 Å². The number of hydrogen-bond donors (Lipinski definition) is 1. The Morgan fingerprint density at radius 2 is 1.72 bits per heavy atom. The van der Waals surface area contributed by atoms with Gasteiger partial charge >= 0.3 is 0 Å². The molecule has 2 aromatic rings. The second-order valence-corrected chi connectivity index (χ2v) is 11.5. The number of ketones is 1. The van der Waals surface area contributed by atoms with Crippen LogP contribution in [0.5, 0.6) is 0 Å². The maximum Gasteiger partial charge on any atom is 0.248 e. The second kappa shape index (κ2) is 7.10. The van der Waals surface area contributed by atoms with Crippen LogP contribution in [0.15, 0.2) is 71.3 Å². The average Bonchev–Trinajstić information content (AvgIpc) is 3.07. The molecule has 0 unspecified atom stereocenters. The summed E-state index contributed by atoms with van der Waals surface area (Å²) in [5.74, 6) is -0.0457. The highest BCUT2D eigenvalue weighted by atomic mass is 16.5. The monoisotopic (exact) mass is 479 g/mol. The summed E-state index contributed by atoms with van der Waals surface area (Å²) < 4.78 is 5.88. The van der Waals surface area contributed by atoms with Crippen molar-refractivity contribution in [3.8, 4) is 6.07 Å².